The highest BCUT2D eigenvalue weighted by atomic mass is 35.5. The standard InChI is InChI=1S/C12H16ClN/c1-3-8-14(4-2)10-11-6-5-7-12(13)9-11/h3,5-7,9H,1,4,8,10H2,2H3. The average Bonchev–Trinajstić information content (AvgIpc) is 2.17. The quantitative estimate of drug-likeness (QED) is 0.673. The van der Waals surface area contributed by atoms with Crippen molar-refractivity contribution >= 4 is 11.6 Å². The Balaban J connectivity index is 2.61. The zero-order valence-corrected chi connectivity index (χ0v) is 9.30. The molecule has 14 heavy (non-hydrogen) atoms. The van der Waals surface area contributed by atoms with Gasteiger partial charge in [-0.2, -0.15) is 0 Å². The number of likely N-dealkylation sites (N-methyl/N-ethyl adjacent to an activating group) is 1. The third-order valence-electron chi connectivity index (χ3n) is 2.13. The van der Waals surface area contributed by atoms with Crippen molar-refractivity contribution in [3.05, 3.63) is 47.5 Å². The second-order valence-corrected chi connectivity index (χ2v) is 3.68. The van der Waals surface area contributed by atoms with Gasteiger partial charge in [0.1, 0.15) is 0 Å². The average molecular weight is 210 g/mol. The minimum Gasteiger partial charge on any atom is -0.296 e. The molecule has 0 aliphatic rings. The largest absolute Gasteiger partial charge is 0.296 e. The van der Waals surface area contributed by atoms with Crippen LogP contribution in [0.5, 0.6) is 0 Å². The van der Waals surface area contributed by atoms with Gasteiger partial charge in [0.2, 0.25) is 0 Å². The lowest BCUT2D eigenvalue weighted by molar-refractivity contribution is 0.311. The molecule has 0 saturated carbocycles. The van der Waals surface area contributed by atoms with Gasteiger partial charge >= 0.3 is 0 Å². The highest BCUT2D eigenvalue weighted by Gasteiger charge is 2.01. The van der Waals surface area contributed by atoms with Gasteiger partial charge in [-0.3, -0.25) is 4.90 Å². The van der Waals surface area contributed by atoms with E-state index in [0.717, 1.165) is 24.7 Å². The molecule has 0 N–H and O–H groups in total. The number of hydrogen-bond acceptors (Lipinski definition) is 1. The van der Waals surface area contributed by atoms with Crippen molar-refractivity contribution in [3.63, 3.8) is 0 Å². The maximum Gasteiger partial charge on any atom is 0.0409 e. The molecule has 2 heteroatoms. The third kappa shape index (κ3) is 3.52. The van der Waals surface area contributed by atoms with Gasteiger partial charge in [-0.15, -0.1) is 6.58 Å². The van der Waals surface area contributed by atoms with E-state index in [1.54, 1.807) is 0 Å². The lowest BCUT2D eigenvalue weighted by Crippen LogP contribution is -2.22. The van der Waals surface area contributed by atoms with Gasteiger partial charge in [0.05, 0.1) is 0 Å². The lowest BCUT2D eigenvalue weighted by atomic mass is 10.2. The Morgan fingerprint density at radius 1 is 1.50 bits per heavy atom. The maximum absolute atomic E-state index is 5.91. The Hall–Kier alpha value is -0.790. The Labute approximate surface area is 91.0 Å². The van der Waals surface area contributed by atoms with Crippen molar-refractivity contribution in [2.24, 2.45) is 0 Å². The molecule has 0 amide bonds. The van der Waals surface area contributed by atoms with Gasteiger partial charge in [0.15, 0.2) is 0 Å². The zero-order chi connectivity index (χ0) is 10.4. The Morgan fingerprint density at radius 3 is 2.86 bits per heavy atom. The second-order valence-electron chi connectivity index (χ2n) is 3.25. The van der Waals surface area contributed by atoms with E-state index in [0.29, 0.717) is 0 Å². The molecule has 76 valence electrons. The molecule has 0 radical (unpaired) electrons. The van der Waals surface area contributed by atoms with Crippen LogP contribution in [-0.2, 0) is 6.54 Å². The Morgan fingerprint density at radius 2 is 2.29 bits per heavy atom. The lowest BCUT2D eigenvalue weighted by Gasteiger charge is -2.18. The SMILES string of the molecule is C=CCN(CC)Cc1cccc(Cl)c1. The number of nitrogens with zero attached hydrogens (tertiary/aromatic N) is 1. The summed E-state index contributed by atoms with van der Waals surface area (Å²) in [5.41, 5.74) is 1.25. The fraction of sp³-hybridized carbons (Fsp3) is 0.333. The first-order valence-electron chi connectivity index (χ1n) is 4.84. The first-order valence-corrected chi connectivity index (χ1v) is 5.21. The molecule has 0 saturated heterocycles. The molecule has 1 nitrogen and oxygen atoms in total. The van der Waals surface area contributed by atoms with E-state index in [1.807, 2.05) is 24.3 Å². The highest BCUT2D eigenvalue weighted by Crippen LogP contribution is 2.12. The highest BCUT2D eigenvalue weighted by molar-refractivity contribution is 6.30. The van der Waals surface area contributed by atoms with Crippen LogP contribution < -0.4 is 0 Å². The molecule has 0 bridgehead atoms. The van der Waals surface area contributed by atoms with Crippen LogP contribution in [0.1, 0.15) is 12.5 Å². The number of halogens is 1. The van der Waals surface area contributed by atoms with E-state index in [9.17, 15) is 0 Å². The molecule has 0 unspecified atom stereocenters. The van der Waals surface area contributed by atoms with Crippen LogP contribution in [0.25, 0.3) is 0 Å². The summed E-state index contributed by atoms with van der Waals surface area (Å²) in [6.45, 7) is 8.77. The van der Waals surface area contributed by atoms with E-state index >= 15 is 0 Å². The van der Waals surface area contributed by atoms with E-state index in [-0.39, 0.29) is 0 Å². The third-order valence-corrected chi connectivity index (χ3v) is 2.36. The maximum atomic E-state index is 5.91. The normalized spacial score (nSPS) is 10.5. The van der Waals surface area contributed by atoms with Crippen LogP contribution in [0.4, 0.5) is 0 Å². The van der Waals surface area contributed by atoms with Crippen molar-refractivity contribution in [1.29, 1.82) is 0 Å². The fourth-order valence-electron chi connectivity index (χ4n) is 1.38. The smallest absolute Gasteiger partial charge is 0.0409 e. The second kappa shape index (κ2) is 5.84. The van der Waals surface area contributed by atoms with Gasteiger partial charge < -0.3 is 0 Å². The Bertz CT molecular complexity index is 296. The van der Waals surface area contributed by atoms with Crippen LogP contribution in [0.2, 0.25) is 5.02 Å². The molecule has 1 aromatic rings. The van der Waals surface area contributed by atoms with Crippen LogP contribution in [0.3, 0.4) is 0 Å². The van der Waals surface area contributed by atoms with Gasteiger partial charge in [-0.1, -0.05) is 36.7 Å². The molecule has 0 aromatic heterocycles. The Kier molecular flexibility index (Phi) is 4.71. The van der Waals surface area contributed by atoms with Crippen molar-refractivity contribution in [3.8, 4) is 0 Å². The van der Waals surface area contributed by atoms with Crippen LogP contribution in [0.15, 0.2) is 36.9 Å². The van der Waals surface area contributed by atoms with Crippen molar-refractivity contribution in [1.82, 2.24) is 4.90 Å². The van der Waals surface area contributed by atoms with Gasteiger partial charge in [0, 0.05) is 18.1 Å². The summed E-state index contributed by atoms with van der Waals surface area (Å²) < 4.78 is 0. The summed E-state index contributed by atoms with van der Waals surface area (Å²) in [5.74, 6) is 0. The van der Waals surface area contributed by atoms with Gasteiger partial charge in [0.25, 0.3) is 0 Å². The topological polar surface area (TPSA) is 3.24 Å². The first kappa shape index (κ1) is 11.3. The predicted octanol–water partition coefficient (Wildman–Crippen LogP) is 3.35. The minimum absolute atomic E-state index is 0.803. The molecular formula is C12H16ClN. The van der Waals surface area contributed by atoms with E-state index in [1.165, 1.54) is 5.56 Å². The van der Waals surface area contributed by atoms with Crippen LogP contribution >= 0.6 is 11.6 Å². The van der Waals surface area contributed by atoms with Crippen molar-refractivity contribution < 1.29 is 0 Å². The van der Waals surface area contributed by atoms with Crippen molar-refractivity contribution in [2.75, 3.05) is 13.1 Å². The van der Waals surface area contributed by atoms with E-state index in [2.05, 4.69) is 24.5 Å². The number of hydrogen-bond donors (Lipinski definition) is 0. The summed E-state index contributed by atoms with van der Waals surface area (Å²) >= 11 is 5.91. The fourth-order valence-corrected chi connectivity index (χ4v) is 1.59. The molecule has 0 aliphatic carbocycles. The number of benzene rings is 1. The van der Waals surface area contributed by atoms with E-state index in [4.69, 9.17) is 11.6 Å². The minimum atomic E-state index is 0.803. The molecule has 0 atom stereocenters. The molecule has 1 aromatic carbocycles. The molecule has 0 spiro atoms. The van der Waals surface area contributed by atoms with Crippen molar-refractivity contribution in [2.45, 2.75) is 13.5 Å². The molecule has 0 aliphatic heterocycles. The summed E-state index contributed by atoms with van der Waals surface area (Å²) in [7, 11) is 0. The molecule has 0 heterocycles. The zero-order valence-electron chi connectivity index (χ0n) is 8.54. The summed E-state index contributed by atoms with van der Waals surface area (Å²) in [6.07, 6.45) is 1.92. The predicted molar refractivity (Wildman–Crippen MR) is 62.6 cm³/mol. The summed E-state index contributed by atoms with van der Waals surface area (Å²) in [6, 6.07) is 7.99. The monoisotopic (exact) mass is 209 g/mol. The van der Waals surface area contributed by atoms with Crippen LogP contribution in [-0.4, -0.2) is 18.0 Å². The molecular weight excluding hydrogens is 194 g/mol. The van der Waals surface area contributed by atoms with Gasteiger partial charge in [-0.05, 0) is 24.2 Å². The summed E-state index contributed by atoms with van der Waals surface area (Å²) in [4.78, 5) is 2.30. The van der Waals surface area contributed by atoms with E-state index < -0.39 is 0 Å². The molecule has 0 fully saturated rings. The summed E-state index contributed by atoms with van der Waals surface area (Å²) in [5, 5.41) is 0.803. The van der Waals surface area contributed by atoms with Gasteiger partial charge in [-0.25, -0.2) is 0 Å². The first-order chi connectivity index (χ1) is 6.76. The van der Waals surface area contributed by atoms with Crippen LogP contribution in [0, 0.1) is 0 Å². The number of rotatable bonds is 5. The molecule has 1 rings (SSSR count).